The quantitative estimate of drug-likeness (QED) is 0.183. The van der Waals surface area contributed by atoms with Crippen molar-refractivity contribution in [1.82, 2.24) is 24.6 Å². The van der Waals surface area contributed by atoms with Gasteiger partial charge in [0.1, 0.15) is 11.6 Å². The maximum absolute atomic E-state index is 15.6. The number of aliphatic hydroxyl groups is 2. The van der Waals surface area contributed by atoms with Crippen LogP contribution in [0.15, 0.2) is 48.6 Å². The van der Waals surface area contributed by atoms with Gasteiger partial charge >= 0.3 is 0 Å². The Hall–Kier alpha value is -4.62. The van der Waals surface area contributed by atoms with E-state index in [0.29, 0.717) is 50.1 Å². The Morgan fingerprint density at radius 3 is 1.52 bits per heavy atom. The molecule has 11 nitrogen and oxygen atoms in total. The monoisotopic (exact) mass is 577 g/mol. The van der Waals surface area contributed by atoms with Gasteiger partial charge in [-0.15, -0.1) is 10.2 Å². The fourth-order valence-electron chi connectivity index (χ4n) is 5.32. The van der Waals surface area contributed by atoms with Crippen LogP contribution in [0, 0.1) is 22.5 Å². The van der Waals surface area contributed by atoms with E-state index in [1.165, 1.54) is 16.7 Å². The standard InChI is InChI=1S/C29H33F2N9O2/c30-24-13-19(17-5-9-38(10-6-17)28(32)33)1-3-22(24)26-36-37-27(40(26)21(15-41)16-42)23-4-2-20(14-25(23)31)18-7-11-39(12-8-18)29(34)35/h1-5,7,13-14,21,41-42H,6,8-12,15-16H2,(H3,32,33)(H3,34,35). The van der Waals surface area contributed by atoms with E-state index in [-0.39, 0.29) is 34.7 Å². The van der Waals surface area contributed by atoms with Gasteiger partial charge in [-0.05, 0) is 59.4 Å². The third-order valence-electron chi connectivity index (χ3n) is 7.74. The molecule has 0 saturated carbocycles. The Morgan fingerprint density at radius 1 is 0.786 bits per heavy atom. The number of nitrogens with zero attached hydrogens (tertiary/aromatic N) is 5. The number of guanidine groups is 2. The van der Waals surface area contributed by atoms with Gasteiger partial charge in [-0.3, -0.25) is 15.4 Å². The first-order valence-electron chi connectivity index (χ1n) is 13.5. The highest BCUT2D eigenvalue weighted by atomic mass is 19.1. The summed E-state index contributed by atoms with van der Waals surface area (Å²) in [5.41, 5.74) is 14.5. The van der Waals surface area contributed by atoms with E-state index in [9.17, 15) is 10.2 Å². The molecule has 0 fully saturated rings. The molecule has 8 N–H and O–H groups in total. The highest BCUT2D eigenvalue weighted by Crippen LogP contribution is 2.34. The average Bonchev–Trinajstić information content (AvgIpc) is 3.42. The minimum absolute atomic E-state index is 0.0116. The predicted molar refractivity (Wildman–Crippen MR) is 156 cm³/mol. The third-order valence-corrected chi connectivity index (χ3v) is 7.74. The Bertz CT molecular complexity index is 1470. The van der Waals surface area contributed by atoms with Crippen LogP contribution in [0.4, 0.5) is 8.78 Å². The highest BCUT2D eigenvalue weighted by Gasteiger charge is 2.26. The molecule has 220 valence electrons. The lowest BCUT2D eigenvalue weighted by Crippen LogP contribution is -2.39. The van der Waals surface area contributed by atoms with Crippen molar-refractivity contribution in [3.8, 4) is 22.8 Å². The van der Waals surface area contributed by atoms with Gasteiger partial charge in [0.05, 0.1) is 30.4 Å². The number of hydrogen-bond acceptors (Lipinski definition) is 6. The molecule has 13 heteroatoms. The number of rotatable bonds is 7. The molecule has 0 radical (unpaired) electrons. The van der Waals surface area contributed by atoms with Crippen LogP contribution in [0.25, 0.3) is 33.9 Å². The summed E-state index contributed by atoms with van der Waals surface area (Å²) in [6.07, 6.45) is 5.00. The second-order valence-corrected chi connectivity index (χ2v) is 10.2. The highest BCUT2D eigenvalue weighted by molar-refractivity contribution is 5.78. The molecular weight excluding hydrogens is 544 g/mol. The third kappa shape index (κ3) is 5.60. The van der Waals surface area contributed by atoms with E-state index >= 15 is 8.78 Å². The predicted octanol–water partition coefficient (Wildman–Crippen LogP) is 2.38. The molecule has 0 bridgehead atoms. The minimum Gasteiger partial charge on any atom is -0.394 e. The summed E-state index contributed by atoms with van der Waals surface area (Å²) in [5.74, 6) is -1.10. The lowest BCUT2D eigenvalue weighted by molar-refractivity contribution is 0.156. The molecule has 0 atom stereocenters. The summed E-state index contributed by atoms with van der Waals surface area (Å²) < 4.78 is 32.5. The van der Waals surface area contributed by atoms with Gasteiger partial charge in [-0.25, -0.2) is 8.78 Å². The van der Waals surface area contributed by atoms with Crippen LogP contribution in [0.5, 0.6) is 0 Å². The normalized spacial score (nSPS) is 15.5. The van der Waals surface area contributed by atoms with Gasteiger partial charge in [0.15, 0.2) is 23.6 Å². The summed E-state index contributed by atoms with van der Waals surface area (Å²) in [7, 11) is 0. The molecule has 0 amide bonds. The van der Waals surface area contributed by atoms with Gasteiger partial charge in [0.2, 0.25) is 0 Å². The molecule has 2 aliphatic rings. The van der Waals surface area contributed by atoms with Crippen LogP contribution in [-0.4, -0.2) is 86.1 Å². The number of halogens is 2. The summed E-state index contributed by atoms with van der Waals surface area (Å²) in [5, 5.41) is 43.6. The SMILES string of the molecule is N=C(N)N1CC=C(c2ccc(-c3nnc(-c4ccc(C5=CCN(C(=N)N)CC5)cc4F)n3C(CO)CO)c(F)c2)CC1. The van der Waals surface area contributed by atoms with E-state index in [1.807, 2.05) is 12.2 Å². The maximum Gasteiger partial charge on any atom is 0.188 e. The average molecular weight is 578 g/mol. The van der Waals surface area contributed by atoms with Crippen molar-refractivity contribution in [2.75, 3.05) is 39.4 Å². The topological polar surface area (TPSA) is 177 Å². The second-order valence-electron chi connectivity index (χ2n) is 10.2. The molecule has 0 unspecified atom stereocenters. The Kier molecular flexibility index (Phi) is 8.31. The number of benzene rings is 2. The van der Waals surface area contributed by atoms with Crippen molar-refractivity contribution in [3.63, 3.8) is 0 Å². The van der Waals surface area contributed by atoms with Gasteiger partial charge in [0, 0.05) is 26.2 Å². The summed E-state index contributed by atoms with van der Waals surface area (Å²) in [6, 6.07) is 8.43. The zero-order chi connectivity index (χ0) is 30.0. The molecule has 0 saturated heterocycles. The van der Waals surface area contributed by atoms with Crippen molar-refractivity contribution in [2.24, 2.45) is 11.5 Å². The van der Waals surface area contributed by atoms with E-state index in [0.717, 1.165) is 11.1 Å². The molecule has 42 heavy (non-hydrogen) atoms. The first kappa shape index (κ1) is 28.9. The van der Waals surface area contributed by atoms with E-state index < -0.39 is 30.9 Å². The van der Waals surface area contributed by atoms with E-state index in [2.05, 4.69) is 10.2 Å². The Labute approximate surface area is 241 Å². The molecular formula is C29H33F2N9O2. The van der Waals surface area contributed by atoms with Crippen LogP contribution >= 0.6 is 0 Å². The van der Waals surface area contributed by atoms with Crippen molar-refractivity contribution >= 4 is 23.1 Å². The van der Waals surface area contributed by atoms with Crippen molar-refractivity contribution in [3.05, 3.63) is 71.3 Å². The summed E-state index contributed by atoms with van der Waals surface area (Å²) >= 11 is 0. The van der Waals surface area contributed by atoms with Crippen LogP contribution in [0.2, 0.25) is 0 Å². The molecule has 2 aliphatic heterocycles. The van der Waals surface area contributed by atoms with Crippen LogP contribution in [0.1, 0.15) is 30.0 Å². The lowest BCUT2D eigenvalue weighted by atomic mass is 9.97. The van der Waals surface area contributed by atoms with Gasteiger partial charge in [-0.2, -0.15) is 0 Å². The zero-order valence-corrected chi connectivity index (χ0v) is 22.9. The molecule has 2 aromatic carbocycles. The van der Waals surface area contributed by atoms with E-state index in [4.69, 9.17) is 22.3 Å². The Balaban J connectivity index is 1.48. The largest absolute Gasteiger partial charge is 0.394 e. The number of hydrogen-bond donors (Lipinski definition) is 6. The maximum atomic E-state index is 15.6. The van der Waals surface area contributed by atoms with Crippen LogP contribution in [-0.2, 0) is 0 Å². The molecule has 3 aromatic rings. The molecule has 0 aliphatic carbocycles. The number of aromatic nitrogens is 3. The molecule has 5 rings (SSSR count). The first-order valence-corrected chi connectivity index (χ1v) is 13.5. The fourth-order valence-corrected chi connectivity index (χ4v) is 5.32. The molecule has 0 spiro atoms. The first-order chi connectivity index (χ1) is 20.2. The minimum atomic E-state index is -0.944. The van der Waals surface area contributed by atoms with Gasteiger partial charge < -0.3 is 31.5 Å². The summed E-state index contributed by atoms with van der Waals surface area (Å²) in [6.45, 7) is 1.00. The smallest absolute Gasteiger partial charge is 0.188 e. The van der Waals surface area contributed by atoms with Gasteiger partial charge in [-0.1, -0.05) is 24.3 Å². The number of aliphatic hydroxyl groups excluding tert-OH is 2. The Morgan fingerprint density at radius 2 is 1.21 bits per heavy atom. The summed E-state index contributed by atoms with van der Waals surface area (Å²) in [4.78, 5) is 3.42. The van der Waals surface area contributed by atoms with Crippen LogP contribution < -0.4 is 11.5 Å². The zero-order valence-electron chi connectivity index (χ0n) is 22.9. The van der Waals surface area contributed by atoms with Crippen molar-refractivity contribution < 1.29 is 19.0 Å². The van der Waals surface area contributed by atoms with Gasteiger partial charge in [0.25, 0.3) is 0 Å². The van der Waals surface area contributed by atoms with Crippen LogP contribution in [0.3, 0.4) is 0 Å². The molecule has 3 heterocycles. The van der Waals surface area contributed by atoms with Crippen molar-refractivity contribution in [1.29, 1.82) is 10.8 Å². The van der Waals surface area contributed by atoms with E-state index in [1.54, 1.807) is 34.1 Å². The fraction of sp³-hybridized carbons (Fsp3) is 0.310. The second kappa shape index (κ2) is 12.1. The molecule has 1 aromatic heterocycles. The lowest BCUT2D eigenvalue weighted by Gasteiger charge is -2.26. The van der Waals surface area contributed by atoms with Crippen molar-refractivity contribution in [2.45, 2.75) is 18.9 Å². The number of nitrogens with one attached hydrogen (secondary N) is 2. The number of nitrogens with two attached hydrogens (primary N) is 2.